The van der Waals surface area contributed by atoms with Crippen molar-refractivity contribution in [2.45, 2.75) is 115 Å². The van der Waals surface area contributed by atoms with Crippen molar-refractivity contribution in [2.75, 3.05) is 0 Å². The Hall–Kier alpha value is 0.390. The molecule has 1 aromatic carbocycles. The largest absolute Gasteiger partial charge is 2.00 e. The van der Waals surface area contributed by atoms with Gasteiger partial charge in [-0.05, 0) is 30.5 Å². The van der Waals surface area contributed by atoms with E-state index in [9.17, 15) is 8.42 Å². The van der Waals surface area contributed by atoms with Crippen LogP contribution in [0.5, 0.6) is 0 Å². The van der Waals surface area contributed by atoms with Crippen LogP contribution in [0.4, 0.5) is 0 Å². The van der Waals surface area contributed by atoms with Crippen LogP contribution in [-0.4, -0.2) is 50.7 Å². The van der Waals surface area contributed by atoms with Crippen molar-refractivity contribution in [3.05, 3.63) is 29.8 Å². The summed E-state index contributed by atoms with van der Waals surface area (Å²) in [7, 11) is -4.07. The minimum absolute atomic E-state index is 0. The molecule has 1 aromatic rings. The second-order valence-corrected chi connectivity index (χ2v) is 9.24. The number of unbranched alkanes of at least 4 members (excludes halogenated alkanes) is 14. The Morgan fingerprint density at radius 1 is 0.679 bits per heavy atom. The first kappa shape index (κ1) is 28.4. The second-order valence-electron chi connectivity index (χ2n) is 7.82. The van der Waals surface area contributed by atoms with Crippen LogP contribution >= 0.6 is 0 Å². The molecule has 0 saturated heterocycles. The van der Waals surface area contributed by atoms with Gasteiger partial charge in [0, 0.05) is 0 Å². The minimum Gasteiger partial charge on any atom is -1.00 e. The Morgan fingerprint density at radius 3 is 1.39 bits per heavy atom. The molecule has 0 saturated carbocycles. The zero-order valence-electron chi connectivity index (χ0n) is 20.0. The average Bonchev–Trinajstić information content (AvgIpc) is 2.64. The maximum atomic E-state index is 11.0. The molecule has 0 heterocycles. The van der Waals surface area contributed by atoms with E-state index in [0.29, 0.717) is 0 Å². The molecular formula is C23H42CaO3S. The molecule has 0 aliphatic heterocycles. The molecule has 28 heavy (non-hydrogen) atoms. The monoisotopic (exact) mass is 438 g/mol. The van der Waals surface area contributed by atoms with Crippen molar-refractivity contribution < 1.29 is 15.8 Å². The maximum absolute atomic E-state index is 11.0. The third kappa shape index (κ3) is 15.3. The quantitative estimate of drug-likeness (QED) is 0.159. The summed E-state index contributed by atoms with van der Waals surface area (Å²) >= 11 is 0. The van der Waals surface area contributed by atoms with Gasteiger partial charge in [-0.2, -0.15) is 8.42 Å². The van der Waals surface area contributed by atoms with Crippen LogP contribution < -0.4 is 0 Å². The first-order valence-electron chi connectivity index (χ1n) is 11.1. The van der Waals surface area contributed by atoms with Gasteiger partial charge in [0.25, 0.3) is 10.1 Å². The summed E-state index contributed by atoms with van der Waals surface area (Å²) in [6, 6.07) is 6.56. The van der Waals surface area contributed by atoms with Crippen LogP contribution in [0.1, 0.15) is 112 Å². The minimum atomic E-state index is -4.07. The van der Waals surface area contributed by atoms with Crippen LogP contribution in [0.2, 0.25) is 0 Å². The molecule has 0 amide bonds. The maximum Gasteiger partial charge on any atom is 2.00 e. The van der Waals surface area contributed by atoms with Gasteiger partial charge < -0.3 is 2.85 Å². The summed E-state index contributed by atoms with van der Waals surface area (Å²) in [5.41, 5.74) is 1.14. The molecular weight excluding hydrogens is 396 g/mol. The Morgan fingerprint density at radius 2 is 1.04 bits per heavy atom. The van der Waals surface area contributed by atoms with Crippen molar-refractivity contribution in [1.82, 2.24) is 0 Å². The fourth-order valence-electron chi connectivity index (χ4n) is 3.53. The number of benzene rings is 1. The van der Waals surface area contributed by atoms with Crippen molar-refractivity contribution >= 4 is 47.9 Å². The van der Waals surface area contributed by atoms with Gasteiger partial charge in [0.05, 0.1) is 4.90 Å². The van der Waals surface area contributed by atoms with Crippen LogP contribution in [-0.2, 0) is 16.5 Å². The molecule has 0 aliphatic rings. The molecule has 0 atom stereocenters. The van der Waals surface area contributed by atoms with Gasteiger partial charge in [-0.3, -0.25) is 4.55 Å². The van der Waals surface area contributed by atoms with Gasteiger partial charge in [0.2, 0.25) is 0 Å². The number of hydrogen-bond acceptors (Lipinski definition) is 2. The fourth-order valence-corrected chi connectivity index (χ4v) is 4.01. The molecule has 0 bridgehead atoms. The topological polar surface area (TPSA) is 54.4 Å². The summed E-state index contributed by atoms with van der Waals surface area (Å²) in [5, 5.41) is 0. The molecule has 0 spiro atoms. The first-order valence-corrected chi connectivity index (χ1v) is 12.5. The van der Waals surface area contributed by atoms with Crippen LogP contribution in [0.25, 0.3) is 0 Å². The number of hydrogen-bond donors (Lipinski definition) is 1. The molecule has 0 fully saturated rings. The van der Waals surface area contributed by atoms with Gasteiger partial charge in [0.15, 0.2) is 0 Å². The molecule has 1 N–H and O–H groups in total. The zero-order valence-corrected chi connectivity index (χ0v) is 21.0. The van der Waals surface area contributed by atoms with Crippen LogP contribution in [0, 0.1) is 0 Å². The SMILES string of the molecule is CCCCCCCCCCCCCCCCCc1ccc(S(=O)(=O)O)cc1.[Ca+2].[H-].[H-]. The third-order valence-electron chi connectivity index (χ3n) is 5.29. The summed E-state index contributed by atoms with van der Waals surface area (Å²) in [6.07, 6.45) is 21.4. The summed E-state index contributed by atoms with van der Waals surface area (Å²) in [6.45, 7) is 2.27. The Labute approximate surface area is 206 Å². The van der Waals surface area contributed by atoms with Crippen LogP contribution in [0.15, 0.2) is 29.2 Å². The first-order chi connectivity index (χ1) is 13.0. The van der Waals surface area contributed by atoms with E-state index in [4.69, 9.17) is 4.55 Å². The standard InChI is InChI=1S/C23H40O3S.Ca.2H/c1-2-3-4-5-6-7-8-9-10-11-12-13-14-15-16-17-22-18-20-23(21-19-22)27(24,25)26;;;/h18-21H,2-17H2,1H3,(H,24,25,26);;;/q;+2;2*-1. The van der Waals surface area contributed by atoms with E-state index < -0.39 is 10.1 Å². The Bertz CT molecular complexity index is 581. The number of rotatable bonds is 17. The summed E-state index contributed by atoms with van der Waals surface area (Å²) < 4.78 is 31.0. The van der Waals surface area contributed by atoms with Crippen molar-refractivity contribution in [1.29, 1.82) is 0 Å². The molecule has 1 rings (SSSR count). The van der Waals surface area contributed by atoms with E-state index in [-0.39, 0.29) is 45.5 Å². The zero-order chi connectivity index (χ0) is 19.8. The van der Waals surface area contributed by atoms with Crippen molar-refractivity contribution in [3.63, 3.8) is 0 Å². The van der Waals surface area contributed by atoms with Gasteiger partial charge in [-0.15, -0.1) is 0 Å². The average molecular weight is 439 g/mol. The van der Waals surface area contributed by atoms with E-state index in [0.717, 1.165) is 18.4 Å². The third-order valence-corrected chi connectivity index (χ3v) is 6.16. The molecule has 0 aliphatic carbocycles. The molecule has 5 heteroatoms. The second kappa shape index (κ2) is 18.2. The molecule has 160 valence electrons. The summed E-state index contributed by atoms with van der Waals surface area (Å²) in [5.74, 6) is 0. The molecule has 0 unspecified atom stereocenters. The summed E-state index contributed by atoms with van der Waals surface area (Å²) in [4.78, 5) is -0.0252. The molecule has 3 nitrogen and oxygen atoms in total. The fraction of sp³-hybridized carbons (Fsp3) is 0.739. The number of aryl methyl sites for hydroxylation is 1. The van der Waals surface area contributed by atoms with E-state index in [2.05, 4.69) is 6.92 Å². The Balaban J connectivity index is -0.00000243. The molecule has 0 radical (unpaired) electrons. The Kier molecular flexibility index (Phi) is 18.4. The van der Waals surface area contributed by atoms with Crippen LogP contribution in [0.3, 0.4) is 0 Å². The molecule has 0 aromatic heterocycles. The van der Waals surface area contributed by atoms with Crippen molar-refractivity contribution in [3.8, 4) is 0 Å². The van der Waals surface area contributed by atoms with E-state index >= 15 is 0 Å². The normalized spacial score (nSPS) is 11.4. The predicted octanol–water partition coefficient (Wildman–Crippen LogP) is 7.19. The van der Waals surface area contributed by atoms with Gasteiger partial charge in [-0.25, -0.2) is 0 Å². The van der Waals surface area contributed by atoms with E-state index in [1.165, 1.54) is 102 Å². The van der Waals surface area contributed by atoms with Crippen molar-refractivity contribution in [2.24, 2.45) is 0 Å². The van der Waals surface area contributed by atoms with Gasteiger partial charge >= 0.3 is 37.7 Å². The van der Waals surface area contributed by atoms with E-state index in [1.807, 2.05) is 0 Å². The van der Waals surface area contributed by atoms with Gasteiger partial charge in [-0.1, -0.05) is 109 Å². The van der Waals surface area contributed by atoms with E-state index in [1.54, 1.807) is 12.1 Å². The predicted molar refractivity (Wildman–Crippen MR) is 123 cm³/mol. The smallest absolute Gasteiger partial charge is 1.00 e. The van der Waals surface area contributed by atoms with Gasteiger partial charge in [0.1, 0.15) is 0 Å².